The van der Waals surface area contributed by atoms with Crippen LogP contribution >= 0.6 is 11.6 Å². The number of halogens is 6. The number of nitrogens with two attached hydrogens (primary N) is 1. The molecule has 0 bridgehead atoms. The van der Waals surface area contributed by atoms with E-state index >= 15 is 4.39 Å². The minimum Gasteiger partial charge on any atom is -0.461 e. The normalized spacial score (nSPS) is 22.3. The molecule has 3 saturated heterocycles. The Kier molecular flexibility index (Phi) is 9.40. The zero-order valence-corrected chi connectivity index (χ0v) is 30.7. The van der Waals surface area contributed by atoms with E-state index < -0.39 is 46.6 Å². The van der Waals surface area contributed by atoms with Crippen LogP contribution in [0.15, 0.2) is 12.1 Å². The van der Waals surface area contributed by atoms with E-state index in [1.165, 1.54) is 17.7 Å². The molecule has 1 aromatic carbocycles. The number of aryl methyl sites for hydroxylation is 2. The molecule has 3 fully saturated rings. The third-order valence-corrected chi connectivity index (χ3v) is 10.7. The summed E-state index contributed by atoms with van der Waals surface area (Å²) >= 11 is 6.65. The minimum atomic E-state index is -4.91. The second-order valence-corrected chi connectivity index (χ2v) is 15.0. The molecule has 3 aromatic heterocycles. The molecule has 12 nitrogen and oxygen atoms in total. The van der Waals surface area contributed by atoms with Gasteiger partial charge in [0, 0.05) is 49.9 Å². The maximum absolute atomic E-state index is 16.9. The maximum Gasteiger partial charge on any atom is 0.418 e. The van der Waals surface area contributed by atoms with E-state index in [9.17, 15) is 22.4 Å². The number of alkyl halides is 4. The van der Waals surface area contributed by atoms with Crippen LogP contribution < -0.4 is 15.4 Å². The summed E-state index contributed by atoms with van der Waals surface area (Å²) in [4.78, 5) is 36.6. The zero-order chi connectivity index (χ0) is 38.1. The van der Waals surface area contributed by atoms with Crippen molar-refractivity contribution in [1.29, 1.82) is 0 Å². The second kappa shape index (κ2) is 13.5. The van der Waals surface area contributed by atoms with Crippen molar-refractivity contribution in [2.75, 3.05) is 50.0 Å². The largest absolute Gasteiger partial charge is 0.461 e. The van der Waals surface area contributed by atoms with Gasteiger partial charge < -0.3 is 20.3 Å². The molecular formula is C35H40ClF5N10O2. The highest BCUT2D eigenvalue weighted by molar-refractivity contribution is 6.34. The summed E-state index contributed by atoms with van der Waals surface area (Å²) in [6, 6.07) is 1.40. The lowest BCUT2D eigenvalue weighted by Gasteiger charge is -2.40. The molecule has 3 aliphatic rings. The molecule has 0 aliphatic carbocycles. The van der Waals surface area contributed by atoms with Gasteiger partial charge >= 0.3 is 18.2 Å². The summed E-state index contributed by atoms with van der Waals surface area (Å²) in [5.74, 6) is -0.258. The van der Waals surface area contributed by atoms with Crippen LogP contribution in [0.2, 0.25) is 5.02 Å². The Morgan fingerprint density at radius 3 is 2.57 bits per heavy atom. The van der Waals surface area contributed by atoms with Gasteiger partial charge in [-0.25, -0.2) is 23.5 Å². The van der Waals surface area contributed by atoms with Crippen LogP contribution in [-0.4, -0.2) is 103 Å². The average Bonchev–Trinajstić information content (AvgIpc) is 3.74. The molecule has 7 rings (SSSR count). The van der Waals surface area contributed by atoms with Gasteiger partial charge in [0.2, 0.25) is 0 Å². The van der Waals surface area contributed by atoms with Gasteiger partial charge in [0.25, 0.3) is 0 Å². The van der Waals surface area contributed by atoms with Gasteiger partial charge in [0.1, 0.15) is 41.6 Å². The first-order valence-corrected chi connectivity index (χ1v) is 17.9. The minimum absolute atomic E-state index is 0.0297. The van der Waals surface area contributed by atoms with E-state index in [1.54, 1.807) is 11.8 Å². The molecule has 2 N–H and O–H groups in total. The number of nitrogen functional groups attached to an aromatic ring is 1. The van der Waals surface area contributed by atoms with Crippen LogP contribution in [0.1, 0.15) is 68.7 Å². The van der Waals surface area contributed by atoms with E-state index in [0.29, 0.717) is 24.6 Å². The van der Waals surface area contributed by atoms with Gasteiger partial charge in [-0.3, -0.25) is 4.90 Å². The lowest BCUT2D eigenvalue weighted by atomic mass is 9.95. The summed E-state index contributed by atoms with van der Waals surface area (Å²) in [6.07, 6.45) is -4.12. The van der Waals surface area contributed by atoms with Crippen molar-refractivity contribution in [2.24, 2.45) is 0 Å². The molecule has 6 heterocycles. The fourth-order valence-corrected chi connectivity index (χ4v) is 8.35. The molecule has 4 aromatic rings. The number of nitrogens with zero attached hydrogens (tertiary/aromatic N) is 9. The highest BCUT2D eigenvalue weighted by Gasteiger charge is 2.49. The molecule has 18 heteroatoms. The first kappa shape index (κ1) is 37.0. The summed E-state index contributed by atoms with van der Waals surface area (Å²) in [5, 5.41) is 4.08. The van der Waals surface area contributed by atoms with E-state index in [4.69, 9.17) is 27.1 Å². The fraction of sp³-hybridized carbons (Fsp3) is 0.543. The Morgan fingerprint density at radius 2 is 1.87 bits per heavy atom. The van der Waals surface area contributed by atoms with Crippen molar-refractivity contribution in [2.45, 2.75) is 83.7 Å². The quantitative estimate of drug-likeness (QED) is 0.216. The van der Waals surface area contributed by atoms with Crippen LogP contribution in [-0.2, 0) is 6.18 Å². The van der Waals surface area contributed by atoms with E-state index in [0.717, 1.165) is 12.5 Å². The Balaban J connectivity index is 1.31. The van der Waals surface area contributed by atoms with Gasteiger partial charge in [-0.1, -0.05) is 25.4 Å². The van der Waals surface area contributed by atoms with Gasteiger partial charge in [-0.2, -0.15) is 27.8 Å². The topological polar surface area (TPSA) is 131 Å². The number of anilines is 2. The highest BCUT2D eigenvalue weighted by Crippen LogP contribution is 2.45. The first-order valence-electron chi connectivity index (χ1n) is 17.5. The molecule has 3 atom stereocenters. The average molecular weight is 763 g/mol. The monoisotopic (exact) mass is 762 g/mol. The predicted octanol–water partition coefficient (Wildman–Crippen LogP) is 6.55. The van der Waals surface area contributed by atoms with Crippen LogP contribution in [0.4, 0.5) is 38.4 Å². The predicted molar refractivity (Wildman–Crippen MR) is 188 cm³/mol. The molecule has 0 saturated carbocycles. The van der Waals surface area contributed by atoms with Gasteiger partial charge in [0.05, 0.1) is 27.4 Å². The van der Waals surface area contributed by atoms with Crippen LogP contribution in [0.25, 0.3) is 22.2 Å². The molecule has 0 unspecified atom stereocenters. The van der Waals surface area contributed by atoms with E-state index in [1.807, 2.05) is 30.6 Å². The molecule has 0 radical (unpaired) electrons. The Labute approximate surface area is 307 Å². The number of aromatic nitrogens is 6. The standard InChI is InChI=1S/C35H40ClF5N10O2/c1-17(2)30-43-20(5)47-51(30)33(52)48-9-10-50(19(4)14-48)31-22-12-23(36)25(29-26(35(39,40)41)18(3)11-24(42)44-29)27(38)28(22)45-32(46-31)53-16-34-7-6-8-49(34)15-21(37)13-34/h11-12,17,19,21H,6-10,13-16H2,1-5H3,(H2,42,44)/t19-,21+,34-/m0/s1. The smallest absolute Gasteiger partial charge is 0.418 e. The number of benzene rings is 1. The van der Waals surface area contributed by atoms with Gasteiger partial charge in [-0.05, 0) is 57.9 Å². The zero-order valence-electron chi connectivity index (χ0n) is 29.9. The number of carbonyl (C=O) groups is 1. The van der Waals surface area contributed by atoms with Crippen molar-refractivity contribution in [1.82, 2.24) is 39.5 Å². The number of carbonyl (C=O) groups excluding carboxylic acids is 1. The second-order valence-electron chi connectivity index (χ2n) is 14.6. The van der Waals surface area contributed by atoms with Crippen LogP contribution in [0.5, 0.6) is 6.01 Å². The van der Waals surface area contributed by atoms with Crippen LogP contribution in [0, 0.1) is 19.7 Å². The van der Waals surface area contributed by atoms with Crippen molar-refractivity contribution < 1.29 is 31.5 Å². The Hall–Kier alpha value is -4.38. The third-order valence-electron chi connectivity index (χ3n) is 10.4. The molecule has 0 spiro atoms. The van der Waals surface area contributed by atoms with Crippen molar-refractivity contribution >= 4 is 40.2 Å². The van der Waals surface area contributed by atoms with Crippen molar-refractivity contribution in [3.8, 4) is 17.3 Å². The van der Waals surface area contributed by atoms with E-state index in [-0.39, 0.29) is 90.3 Å². The number of pyridine rings is 1. The molecule has 3 aliphatic heterocycles. The summed E-state index contributed by atoms with van der Waals surface area (Å²) in [7, 11) is 0. The SMILES string of the molecule is Cc1nc(C(C)C)n(C(=O)N2CCN(c3nc(OC[C@@]45CCCN4C[C@H](F)C5)nc4c(F)c(-c5nc(N)cc(C)c5C(F)(F)F)c(Cl)cc34)[C@@H](C)C2)n1. The van der Waals surface area contributed by atoms with Gasteiger partial charge in [-0.15, -0.1) is 5.10 Å². The Morgan fingerprint density at radius 1 is 1.11 bits per heavy atom. The Bertz CT molecular complexity index is 2090. The molecule has 53 heavy (non-hydrogen) atoms. The molecule has 284 valence electrons. The maximum atomic E-state index is 16.9. The summed E-state index contributed by atoms with van der Waals surface area (Å²) in [5.41, 5.74) is 2.10. The number of fused-ring (bicyclic) bond motifs is 2. The van der Waals surface area contributed by atoms with Crippen LogP contribution in [0.3, 0.4) is 0 Å². The summed E-state index contributed by atoms with van der Waals surface area (Å²) < 4.78 is 82.1. The van der Waals surface area contributed by atoms with Crippen molar-refractivity contribution in [3.63, 3.8) is 0 Å². The first-order chi connectivity index (χ1) is 25.0. The van der Waals surface area contributed by atoms with Gasteiger partial charge in [0.15, 0.2) is 5.82 Å². The number of hydrogen-bond acceptors (Lipinski definition) is 10. The molecular weight excluding hydrogens is 723 g/mol. The number of ether oxygens (including phenoxy) is 1. The summed E-state index contributed by atoms with van der Waals surface area (Å²) in [6.45, 7) is 10.3. The number of piperazine rings is 1. The number of amides is 1. The highest BCUT2D eigenvalue weighted by atomic mass is 35.5. The number of hydrogen-bond donors (Lipinski definition) is 1. The van der Waals surface area contributed by atoms with E-state index in [2.05, 4.69) is 20.1 Å². The third kappa shape index (κ3) is 6.59. The molecule has 1 amide bonds. The fourth-order valence-electron chi connectivity index (χ4n) is 8.07. The lowest BCUT2D eigenvalue weighted by Crippen LogP contribution is -2.55. The lowest BCUT2D eigenvalue weighted by molar-refractivity contribution is -0.137. The van der Waals surface area contributed by atoms with Crippen molar-refractivity contribution in [3.05, 3.63) is 45.7 Å². The number of rotatable bonds is 6.